The maximum absolute atomic E-state index is 11.3. The fraction of sp³-hybridized carbons (Fsp3) is 0.167. The first kappa shape index (κ1) is 12.5. The average Bonchev–Trinajstić information content (AvgIpc) is 2.81. The molecular formula is C12H12N2O3S. The molecule has 0 aliphatic carbocycles. The molecule has 0 bridgehead atoms. The van der Waals surface area contributed by atoms with Crippen LogP contribution in [0.5, 0.6) is 5.75 Å². The summed E-state index contributed by atoms with van der Waals surface area (Å²) in [5.41, 5.74) is 6.97. The lowest BCUT2D eigenvalue weighted by Gasteiger charge is -2.07. The maximum atomic E-state index is 11.3. The highest BCUT2D eigenvalue weighted by Crippen LogP contribution is 2.37. The van der Waals surface area contributed by atoms with Crippen molar-refractivity contribution in [1.82, 2.24) is 4.98 Å². The first-order valence-corrected chi connectivity index (χ1v) is 6.05. The number of carbonyl (C=O) groups excluding carboxylic acids is 1. The first-order chi connectivity index (χ1) is 8.74. The van der Waals surface area contributed by atoms with E-state index in [0.29, 0.717) is 10.6 Å². The number of primary amides is 1. The van der Waals surface area contributed by atoms with Gasteiger partial charge in [-0.15, -0.1) is 11.3 Å². The van der Waals surface area contributed by atoms with Crippen LogP contribution in [-0.4, -0.2) is 24.8 Å². The van der Waals surface area contributed by atoms with Gasteiger partial charge in [0.2, 0.25) is 0 Å². The Hall–Kier alpha value is -1.92. The quantitative estimate of drug-likeness (QED) is 0.837. The van der Waals surface area contributed by atoms with Crippen molar-refractivity contribution in [2.24, 2.45) is 5.73 Å². The van der Waals surface area contributed by atoms with Crippen molar-refractivity contribution in [3.63, 3.8) is 0 Å². The van der Waals surface area contributed by atoms with Gasteiger partial charge in [-0.1, -0.05) is 6.07 Å². The van der Waals surface area contributed by atoms with Gasteiger partial charge in [0.15, 0.2) is 12.5 Å². The third-order valence-corrected chi connectivity index (χ3v) is 3.24. The Bertz CT molecular complexity index is 540. The zero-order valence-electron chi connectivity index (χ0n) is 9.75. The number of carbonyl (C=O) groups is 1. The van der Waals surface area contributed by atoms with Gasteiger partial charge >= 0.3 is 0 Å². The fourth-order valence-electron chi connectivity index (χ4n) is 1.50. The van der Waals surface area contributed by atoms with Crippen LogP contribution in [0.1, 0.15) is 9.67 Å². The molecule has 0 saturated heterocycles. The Morgan fingerprint density at radius 3 is 3.00 bits per heavy atom. The molecule has 2 rings (SSSR count). The SMILES string of the molecule is COCOc1c(-c2cccnc2)csc1C(N)=O. The van der Waals surface area contributed by atoms with Gasteiger partial charge in [-0.25, -0.2) is 0 Å². The number of rotatable bonds is 5. The standard InChI is InChI=1S/C12H12N2O3S/c1-16-7-17-10-9(6-18-11(10)12(13)15)8-3-2-4-14-5-8/h2-6H,7H2,1H3,(H2,13,15). The summed E-state index contributed by atoms with van der Waals surface area (Å²) in [6, 6.07) is 3.70. The van der Waals surface area contributed by atoms with E-state index in [9.17, 15) is 4.79 Å². The van der Waals surface area contributed by atoms with Crippen molar-refractivity contribution < 1.29 is 14.3 Å². The molecule has 2 heterocycles. The van der Waals surface area contributed by atoms with Crippen LogP contribution < -0.4 is 10.5 Å². The molecule has 0 saturated carbocycles. The van der Waals surface area contributed by atoms with Crippen LogP contribution in [0.15, 0.2) is 29.9 Å². The van der Waals surface area contributed by atoms with E-state index in [1.54, 1.807) is 12.4 Å². The van der Waals surface area contributed by atoms with Gasteiger partial charge in [0.1, 0.15) is 4.88 Å². The van der Waals surface area contributed by atoms with Crippen LogP contribution in [0, 0.1) is 0 Å². The zero-order valence-corrected chi connectivity index (χ0v) is 10.6. The molecule has 2 N–H and O–H groups in total. The number of ether oxygens (including phenoxy) is 2. The molecule has 0 radical (unpaired) electrons. The Labute approximate surface area is 108 Å². The van der Waals surface area contributed by atoms with Crippen LogP contribution in [0.25, 0.3) is 11.1 Å². The van der Waals surface area contributed by atoms with Crippen LogP contribution in [0.2, 0.25) is 0 Å². The van der Waals surface area contributed by atoms with E-state index in [1.807, 2.05) is 17.5 Å². The number of hydrogen-bond acceptors (Lipinski definition) is 5. The summed E-state index contributed by atoms with van der Waals surface area (Å²) in [5.74, 6) is -0.0661. The summed E-state index contributed by atoms with van der Waals surface area (Å²) < 4.78 is 10.3. The molecule has 2 aromatic heterocycles. The molecule has 0 aromatic carbocycles. The number of aromatic nitrogens is 1. The number of hydrogen-bond donors (Lipinski definition) is 1. The minimum absolute atomic E-state index is 0.0598. The second-order valence-electron chi connectivity index (χ2n) is 3.46. The lowest BCUT2D eigenvalue weighted by atomic mass is 10.1. The summed E-state index contributed by atoms with van der Waals surface area (Å²) in [5, 5.41) is 1.82. The average molecular weight is 264 g/mol. The number of nitrogens with zero attached hydrogens (tertiary/aromatic N) is 1. The van der Waals surface area contributed by atoms with Crippen LogP contribution in [0.3, 0.4) is 0 Å². The highest BCUT2D eigenvalue weighted by molar-refractivity contribution is 7.13. The van der Waals surface area contributed by atoms with E-state index in [4.69, 9.17) is 15.2 Å². The molecule has 0 aliphatic heterocycles. The highest BCUT2D eigenvalue weighted by atomic mass is 32.1. The molecule has 6 heteroatoms. The van der Waals surface area contributed by atoms with Gasteiger partial charge in [0.05, 0.1) is 0 Å². The second kappa shape index (κ2) is 5.61. The smallest absolute Gasteiger partial charge is 0.262 e. The van der Waals surface area contributed by atoms with Crippen molar-refractivity contribution >= 4 is 17.2 Å². The summed E-state index contributed by atoms with van der Waals surface area (Å²) in [6.07, 6.45) is 3.38. The summed E-state index contributed by atoms with van der Waals surface area (Å²) >= 11 is 1.25. The van der Waals surface area contributed by atoms with Crippen molar-refractivity contribution in [2.75, 3.05) is 13.9 Å². The normalized spacial score (nSPS) is 10.3. The van der Waals surface area contributed by atoms with Gasteiger partial charge in [-0.05, 0) is 6.07 Å². The van der Waals surface area contributed by atoms with Gasteiger partial charge in [0, 0.05) is 36.0 Å². The van der Waals surface area contributed by atoms with Crippen molar-refractivity contribution in [3.8, 4) is 16.9 Å². The lowest BCUT2D eigenvalue weighted by molar-refractivity contribution is 0.0511. The molecule has 5 nitrogen and oxygen atoms in total. The van der Waals surface area contributed by atoms with Gasteiger partial charge in [0.25, 0.3) is 5.91 Å². The van der Waals surface area contributed by atoms with E-state index in [-0.39, 0.29) is 6.79 Å². The van der Waals surface area contributed by atoms with Gasteiger partial charge in [-0.3, -0.25) is 9.78 Å². The van der Waals surface area contributed by atoms with Gasteiger partial charge in [-0.2, -0.15) is 0 Å². The molecule has 2 aromatic rings. The molecule has 1 amide bonds. The molecule has 0 atom stereocenters. The summed E-state index contributed by atoms with van der Waals surface area (Å²) in [7, 11) is 1.51. The molecule has 0 unspecified atom stereocenters. The Morgan fingerprint density at radius 1 is 1.56 bits per heavy atom. The largest absolute Gasteiger partial charge is 0.465 e. The third-order valence-electron chi connectivity index (χ3n) is 2.26. The van der Waals surface area contributed by atoms with E-state index < -0.39 is 5.91 Å². The fourth-order valence-corrected chi connectivity index (χ4v) is 2.37. The topological polar surface area (TPSA) is 74.4 Å². The molecule has 94 valence electrons. The number of nitrogens with two attached hydrogens (primary N) is 1. The van der Waals surface area contributed by atoms with Crippen LogP contribution in [0.4, 0.5) is 0 Å². The summed E-state index contributed by atoms with van der Waals surface area (Å²) in [4.78, 5) is 15.7. The van der Waals surface area contributed by atoms with E-state index in [1.165, 1.54) is 18.4 Å². The number of thiophene rings is 1. The summed E-state index contributed by atoms with van der Waals surface area (Å²) in [6.45, 7) is 0.0598. The molecule has 0 spiro atoms. The minimum atomic E-state index is -0.513. The van der Waals surface area contributed by atoms with Gasteiger partial charge < -0.3 is 15.2 Å². The molecule has 0 aliphatic rings. The molecular weight excluding hydrogens is 252 g/mol. The minimum Gasteiger partial charge on any atom is -0.465 e. The Morgan fingerprint density at radius 2 is 2.39 bits per heavy atom. The highest BCUT2D eigenvalue weighted by Gasteiger charge is 2.18. The molecule has 18 heavy (non-hydrogen) atoms. The molecule has 0 fully saturated rings. The zero-order chi connectivity index (χ0) is 13.0. The van der Waals surface area contributed by atoms with Crippen molar-refractivity contribution in [3.05, 3.63) is 34.8 Å². The monoisotopic (exact) mass is 264 g/mol. The van der Waals surface area contributed by atoms with Crippen molar-refractivity contribution in [2.45, 2.75) is 0 Å². The third kappa shape index (κ3) is 2.49. The maximum Gasteiger partial charge on any atom is 0.262 e. The van der Waals surface area contributed by atoms with Crippen molar-refractivity contribution in [1.29, 1.82) is 0 Å². The van der Waals surface area contributed by atoms with Crippen LogP contribution >= 0.6 is 11.3 Å². The first-order valence-electron chi connectivity index (χ1n) is 5.17. The second-order valence-corrected chi connectivity index (χ2v) is 4.34. The number of pyridine rings is 1. The van der Waals surface area contributed by atoms with E-state index in [0.717, 1.165) is 11.1 Å². The van der Waals surface area contributed by atoms with E-state index in [2.05, 4.69) is 4.98 Å². The Balaban J connectivity index is 2.44. The number of amides is 1. The Kier molecular flexibility index (Phi) is 3.91. The van der Waals surface area contributed by atoms with Crippen LogP contribution in [-0.2, 0) is 4.74 Å². The predicted octanol–water partition coefficient (Wildman–Crippen LogP) is 1.89. The number of methoxy groups -OCH3 is 1. The van der Waals surface area contributed by atoms with E-state index >= 15 is 0 Å². The predicted molar refractivity (Wildman–Crippen MR) is 68.6 cm³/mol. The lowest BCUT2D eigenvalue weighted by Crippen LogP contribution is -2.11.